The van der Waals surface area contributed by atoms with Crippen molar-refractivity contribution in [1.82, 2.24) is 19.1 Å². The molecular weight excluding hydrogens is 308 g/mol. The molecule has 0 fully saturated rings. The number of para-hydroxylation sites is 2. The third-order valence-corrected chi connectivity index (χ3v) is 3.95. The third kappa shape index (κ3) is 2.74. The fourth-order valence-corrected chi connectivity index (χ4v) is 2.85. The van der Waals surface area contributed by atoms with Gasteiger partial charge in [-0.1, -0.05) is 18.2 Å². The van der Waals surface area contributed by atoms with Gasteiger partial charge in [-0.2, -0.15) is 4.68 Å². The molecule has 0 radical (unpaired) electrons. The maximum Gasteiger partial charge on any atom is 0.351 e. The Morgan fingerprint density at radius 3 is 2.83 bits per heavy atom. The van der Waals surface area contributed by atoms with Crippen LogP contribution in [0, 0.1) is 0 Å². The first-order valence-electron chi connectivity index (χ1n) is 7.82. The molecule has 2 aromatic heterocycles. The Balaban J connectivity index is 1.44. The van der Waals surface area contributed by atoms with E-state index in [0.717, 1.165) is 11.5 Å². The molecule has 0 saturated carbocycles. The molecule has 1 atom stereocenters. The lowest BCUT2D eigenvalue weighted by molar-refractivity contribution is 0.0565. The highest BCUT2D eigenvalue weighted by molar-refractivity contribution is 5.40. The number of rotatable bonds is 4. The number of benzene rings is 1. The SMILES string of the molecule is CN(CC1COc2ccccc2O1)Cn1nc2ccccn2c1=O. The van der Waals surface area contributed by atoms with E-state index in [2.05, 4.69) is 5.10 Å². The van der Waals surface area contributed by atoms with Crippen molar-refractivity contribution in [1.29, 1.82) is 0 Å². The molecule has 3 aromatic rings. The summed E-state index contributed by atoms with van der Waals surface area (Å²) in [5.74, 6) is 1.53. The van der Waals surface area contributed by atoms with Crippen molar-refractivity contribution in [2.24, 2.45) is 0 Å². The molecule has 0 aliphatic carbocycles. The zero-order valence-corrected chi connectivity index (χ0v) is 13.3. The second kappa shape index (κ2) is 6.01. The highest BCUT2D eigenvalue weighted by Gasteiger charge is 2.22. The summed E-state index contributed by atoms with van der Waals surface area (Å²) in [7, 11) is 1.93. The van der Waals surface area contributed by atoms with E-state index in [1.54, 1.807) is 6.20 Å². The van der Waals surface area contributed by atoms with Crippen LogP contribution in [0.3, 0.4) is 0 Å². The molecule has 124 valence electrons. The van der Waals surface area contributed by atoms with E-state index in [4.69, 9.17) is 9.47 Å². The number of hydrogen-bond donors (Lipinski definition) is 0. The van der Waals surface area contributed by atoms with Crippen LogP contribution in [0.25, 0.3) is 5.65 Å². The summed E-state index contributed by atoms with van der Waals surface area (Å²) in [6.07, 6.45) is 1.63. The quantitative estimate of drug-likeness (QED) is 0.721. The Hall–Kier alpha value is -2.80. The summed E-state index contributed by atoms with van der Waals surface area (Å²) in [5, 5.41) is 4.33. The minimum absolute atomic E-state index is 0.0855. The molecule has 0 N–H and O–H groups in total. The van der Waals surface area contributed by atoms with Gasteiger partial charge in [-0.25, -0.2) is 4.79 Å². The van der Waals surface area contributed by atoms with E-state index >= 15 is 0 Å². The molecule has 0 saturated heterocycles. The third-order valence-electron chi connectivity index (χ3n) is 3.95. The van der Waals surface area contributed by atoms with Crippen LogP contribution in [0.4, 0.5) is 0 Å². The Bertz CT molecular complexity index is 917. The predicted octanol–water partition coefficient (Wildman–Crippen LogP) is 1.23. The van der Waals surface area contributed by atoms with Crippen LogP contribution < -0.4 is 15.2 Å². The van der Waals surface area contributed by atoms with Crippen molar-refractivity contribution in [3.63, 3.8) is 0 Å². The Morgan fingerprint density at radius 2 is 2.00 bits per heavy atom. The summed E-state index contributed by atoms with van der Waals surface area (Å²) in [4.78, 5) is 14.3. The zero-order valence-electron chi connectivity index (χ0n) is 13.3. The zero-order chi connectivity index (χ0) is 16.5. The Kier molecular flexibility index (Phi) is 3.70. The number of pyridine rings is 1. The molecule has 7 heteroatoms. The number of aromatic nitrogens is 3. The molecule has 1 unspecified atom stereocenters. The van der Waals surface area contributed by atoms with Gasteiger partial charge >= 0.3 is 5.69 Å². The van der Waals surface area contributed by atoms with Crippen LogP contribution in [0.2, 0.25) is 0 Å². The smallest absolute Gasteiger partial charge is 0.351 e. The van der Waals surface area contributed by atoms with Gasteiger partial charge in [0.05, 0.1) is 6.67 Å². The molecular formula is C17H18N4O3. The van der Waals surface area contributed by atoms with E-state index in [9.17, 15) is 4.79 Å². The molecule has 0 bridgehead atoms. The van der Waals surface area contributed by atoms with Gasteiger partial charge in [-0.05, 0) is 31.3 Å². The fraction of sp³-hybridized carbons (Fsp3) is 0.294. The van der Waals surface area contributed by atoms with E-state index in [-0.39, 0.29) is 11.8 Å². The van der Waals surface area contributed by atoms with E-state index < -0.39 is 0 Å². The van der Waals surface area contributed by atoms with Crippen LogP contribution >= 0.6 is 0 Å². The maximum absolute atomic E-state index is 12.3. The van der Waals surface area contributed by atoms with Gasteiger partial charge in [0.2, 0.25) is 0 Å². The lowest BCUT2D eigenvalue weighted by Gasteiger charge is -2.29. The van der Waals surface area contributed by atoms with Crippen LogP contribution in [0.15, 0.2) is 53.5 Å². The van der Waals surface area contributed by atoms with Crippen molar-refractivity contribution in [2.75, 3.05) is 20.2 Å². The maximum atomic E-state index is 12.3. The van der Waals surface area contributed by atoms with Crippen molar-refractivity contribution in [2.45, 2.75) is 12.8 Å². The molecule has 4 rings (SSSR count). The van der Waals surface area contributed by atoms with Crippen LogP contribution in [0.1, 0.15) is 0 Å². The molecule has 3 heterocycles. The van der Waals surface area contributed by atoms with Crippen LogP contribution in [0.5, 0.6) is 11.5 Å². The van der Waals surface area contributed by atoms with Crippen molar-refractivity contribution in [3.05, 3.63) is 59.1 Å². The first-order chi connectivity index (χ1) is 11.7. The Morgan fingerprint density at radius 1 is 1.21 bits per heavy atom. The fourth-order valence-electron chi connectivity index (χ4n) is 2.85. The van der Waals surface area contributed by atoms with Gasteiger partial charge in [0.25, 0.3) is 0 Å². The number of likely N-dealkylation sites (N-methyl/N-ethyl adjacent to an activating group) is 1. The Labute approximate surface area is 138 Å². The van der Waals surface area contributed by atoms with Crippen molar-refractivity contribution >= 4 is 5.65 Å². The van der Waals surface area contributed by atoms with Gasteiger partial charge < -0.3 is 9.47 Å². The number of fused-ring (bicyclic) bond motifs is 2. The summed E-state index contributed by atoms with van der Waals surface area (Å²) in [6, 6.07) is 13.1. The molecule has 1 aliphatic heterocycles. The number of hydrogen-bond acceptors (Lipinski definition) is 5. The lowest BCUT2D eigenvalue weighted by atomic mass is 10.2. The van der Waals surface area contributed by atoms with Crippen molar-refractivity contribution in [3.8, 4) is 11.5 Å². The normalized spacial score (nSPS) is 16.7. The highest BCUT2D eigenvalue weighted by Crippen LogP contribution is 2.30. The van der Waals surface area contributed by atoms with Crippen LogP contribution in [-0.2, 0) is 6.67 Å². The first-order valence-corrected chi connectivity index (χ1v) is 7.82. The number of ether oxygens (including phenoxy) is 2. The van der Waals surface area contributed by atoms with Gasteiger partial charge in [0.15, 0.2) is 17.1 Å². The lowest BCUT2D eigenvalue weighted by Crippen LogP contribution is -2.41. The average molecular weight is 326 g/mol. The van der Waals surface area contributed by atoms with Crippen LogP contribution in [-0.4, -0.2) is 45.4 Å². The molecule has 0 amide bonds. The standard InChI is InChI=1S/C17H18N4O3/c1-19(10-13-11-23-14-6-2-3-7-15(14)24-13)12-21-17(22)20-9-5-4-8-16(20)18-21/h2-9,13H,10-12H2,1H3. The molecule has 7 nitrogen and oxygen atoms in total. The largest absolute Gasteiger partial charge is 0.486 e. The first kappa shape index (κ1) is 14.8. The summed E-state index contributed by atoms with van der Waals surface area (Å²) >= 11 is 0. The highest BCUT2D eigenvalue weighted by atomic mass is 16.6. The summed E-state index contributed by atoms with van der Waals surface area (Å²) in [6.45, 7) is 1.51. The van der Waals surface area contributed by atoms with Gasteiger partial charge in [-0.3, -0.25) is 9.30 Å². The van der Waals surface area contributed by atoms with Gasteiger partial charge in [0.1, 0.15) is 12.7 Å². The minimum Gasteiger partial charge on any atom is -0.486 e. The summed E-state index contributed by atoms with van der Waals surface area (Å²) < 4.78 is 14.7. The van der Waals surface area contributed by atoms with Gasteiger partial charge in [-0.15, -0.1) is 5.10 Å². The molecule has 1 aromatic carbocycles. The average Bonchev–Trinajstić information content (AvgIpc) is 2.91. The monoisotopic (exact) mass is 326 g/mol. The van der Waals surface area contributed by atoms with E-state index in [0.29, 0.717) is 25.5 Å². The second-order valence-electron chi connectivity index (χ2n) is 5.89. The second-order valence-corrected chi connectivity index (χ2v) is 5.89. The van der Waals surface area contributed by atoms with E-state index in [1.165, 1.54) is 9.08 Å². The van der Waals surface area contributed by atoms with Gasteiger partial charge in [0, 0.05) is 12.7 Å². The molecule has 0 spiro atoms. The number of nitrogens with zero attached hydrogens (tertiary/aromatic N) is 4. The van der Waals surface area contributed by atoms with Crippen molar-refractivity contribution < 1.29 is 9.47 Å². The minimum atomic E-state index is -0.149. The molecule has 24 heavy (non-hydrogen) atoms. The molecule has 1 aliphatic rings. The summed E-state index contributed by atoms with van der Waals surface area (Å²) in [5.41, 5.74) is 0.491. The predicted molar refractivity (Wildman–Crippen MR) is 88.4 cm³/mol. The van der Waals surface area contributed by atoms with E-state index in [1.807, 2.05) is 54.4 Å². The topological polar surface area (TPSA) is 61.0 Å².